The van der Waals surface area contributed by atoms with Crippen molar-refractivity contribution in [3.05, 3.63) is 42.2 Å². The molecule has 27 heavy (non-hydrogen) atoms. The second-order valence-electron chi connectivity index (χ2n) is 6.84. The van der Waals surface area contributed by atoms with Gasteiger partial charge < -0.3 is 14.7 Å². The molecule has 140 valence electrons. The highest BCUT2D eigenvalue weighted by molar-refractivity contribution is 6.03. The minimum Gasteiger partial charge on any atom is -0.330 e. The molecule has 8 nitrogen and oxygen atoms in total. The number of fused-ring (bicyclic) bond motifs is 1. The largest absolute Gasteiger partial charge is 0.330 e. The molecule has 0 saturated carbocycles. The fourth-order valence-corrected chi connectivity index (χ4v) is 3.61. The van der Waals surface area contributed by atoms with Gasteiger partial charge in [-0.05, 0) is 18.1 Å². The van der Waals surface area contributed by atoms with Crippen LogP contribution in [0.5, 0.6) is 0 Å². The van der Waals surface area contributed by atoms with Crippen LogP contribution in [0.15, 0.2) is 36.7 Å². The van der Waals surface area contributed by atoms with Gasteiger partial charge in [-0.25, -0.2) is 0 Å². The Bertz CT molecular complexity index is 906. The minimum absolute atomic E-state index is 0.0113. The zero-order valence-electron chi connectivity index (χ0n) is 15.2. The zero-order valence-corrected chi connectivity index (χ0v) is 15.2. The van der Waals surface area contributed by atoms with Crippen molar-refractivity contribution in [2.24, 2.45) is 7.05 Å². The predicted molar refractivity (Wildman–Crippen MR) is 99.3 cm³/mol. The van der Waals surface area contributed by atoms with Gasteiger partial charge in [-0.3, -0.25) is 19.1 Å². The van der Waals surface area contributed by atoms with E-state index in [1.165, 1.54) is 4.90 Å². The Morgan fingerprint density at radius 2 is 1.93 bits per heavy atom. The Balaban J connectivity index is 1.44. The third-order valence-electron chi connectivity index (χ3n) is 5.06. The number of hydrogen-bond donors (Lipinski definition) is 0. The average molecular weight is 367 g/mol. The van der Waals surface area contributed by atoms with E-state index < -0.39 is 0 Å². The maximum absolute atomic E-state index is 12.8. The molecule has 0 aliphatic carbocycles. The van der Waals surface area contributed by atoms with E-state index in [-0.39, 0.29) is 30.8 Å². The summed E-state index contributed by atoms with van der Waals surface area (Å²) in [5, 5.41) is 4.09. The second-order valence-corrected chi connectivity index (χ2v) is 6.84. The molecule has 3 amide bonds. The number of para-hydroxylation sites is 1. The van der Waals surface area contributed by atoms with Gasteiger partial charge in [-0.15, -0.1) is 0 Å². The van der Waals surface area contributed by atoms with Gasteiger partial charge in [0, 0.05) is 38.4 Å². The van der Waals surface area contributed by atoms with Gasteiger partial charge in [-0.2, -0.15) is 5.10 Å². The van der Waals surface area contributed by atoms with E-state index >= 15 is 0 Å². The molecule has 2 aliphatic rings. The minimum atomic E-state index is -0.209. The van der Waals surface area contributed by atoms with Crippen LogP contribution in [0.1, 0.15) is 12.0 Å². The molecule has 0 N–H and O–H groups in total. The Kier molecular flexibility index (Phi) is 4.39. The maximum Gasteiger partial charge on any atom is 0.246 e. The van der Waals surface area contributed by atoms with Crippen LogP contribution < -0.4 is 9.80 Å². The highest BCUT2D eigenvalue weighted by Gasteiger charge is 2.32. The third kappa shape index (κ3) is 3.30. The average Bonchev–Trinajstić information content (AvgIpc) is 3.10. The molecular weight excluding hydrogens is 346 g/mol. The summed E-state index contributed by atoms with van der Waals surface area (Å²) in [5.74, 6) is -0.408. The van der Waals surface area contributed by atoms with Crippen LogP contribution in [0.2, 0.25) is 0 Å². The molecule has 0 radical (unpaired) electrons. The van der Waals surface area contributed by atoms with Crippen molar-refractivity contribution in [3.63, 3.8) is 0 Å². The van der Waals surface area contributed by atoms with Gasteiger partial charge >= 0.3 is 0 Å². The van der Waals surface area contributed by atoms with E-state index in [0.717, 1.165) is 16.9 Å². The Morgan fingerprint density at radius 3 is 2.67 bits per heavy atom. The molecule has 0 atom stereocenters. The lowest BCUT2D eigenvalue weighted by molar-refractivity contribution is -0.136. The summed E-state index contributed by atoms with van der Waals surface area (Å²) in [5.41, 5.74) is 2.60. The molecule has 2 aliphatic heterocycles. The predicted octanol–water partition coefficient (Wildman–Crippen LogP) is 0.575. The van der Waals surface area contributed by atoms with Crippen molar-refractivity contribution in [1.82, 2.24) is 14.7 Å². The monoisotopic (exact) mass is 367 g/mol. The van der Waals surface area contributed by atoms with Crippen LogP contribution in [-0.4, -0.2) is 58.6 Å². The van der Waals surface area contributed by atoms with Crippen molar-refractivity contribution in [3.8, 4) is 0 Å². The molecule has 3 heterocycles. The number of rotatable bonds is 3. The molecule has 1 aromatic carbocycles. The number of hydrogen-bond acceptors (Lipinski definition) is 4. The normalized spacial score (nSPS) is 17.3. The number of anilines is 2. The lowest BCUT2D eigenvalue weighted by atomic mass is 10.0. The van der Waals surface area contributed by atoms with Crippen molar-refractivity contribution >= 4 is 29.1 Å². The third-order valence-corrected chi connectivity index (χ3v) is 5.06. The van der Waals surface area contributed by atoms with Crippen LogP contribution in [0.25, 0.3) is 0 Å². The number of nitrogens with zero attached hydrogens (tertiary/aromatic N) is 5. The summed E-state index contributed by atoms with van der Waals surface area (Å²) < 4.78 is 1.64. The van der Waals surface area contributed by atoms with Crippen LogP contribution in [0, 0.1) is 0 Å². The number of amides is 3. The Hall–Kier alpha value is -3.16. The quantitative estimate of drug-likeness (QED) is 0.795. The summed E-state index contributed by atoms with van der Waals surface area (Å²) in [6.45, 7) is 0.831. The van der Waals surface area contributed by atoms with E-state index in [4.69, 9.17) is 0 Å². The van der Waals surface area contributed by atoms with Gasteiger partial charge in [0.1, 0.15) is 13.1 Å². The van der Waals surface area contributed by atoms with E-state index in [1.54, 1.807) is 33.9 Å². The molecular formula is C19H21N5O3. The standard InChI is InChI=1S/C19H21N5O3/c1-21-11-15(10-20-21)23-9-8-22(12-19(23)27)18(26)13-24-16-5-3-2-4-14(16)6-7-17(24)25/h2-5,10-11H,6-9,12-13H2,1H3. The summed E-state index contributed by atoms with van der Waals surface area (Å²) in [6, 6.07) is 7.65. The zero-order chi connectivity index (χ0) is 19.0. The molecule has 1 fully saturated rings. The molecule has 0 unspecified atom stereocenters. The first kappa shape index (κ1) is 17.3. The number of piperazine rings is 1. The van der Waals surface area contributed by atoms with Crippen LogP contribution in [-0.2, 0) is 27.9 Å². The van der Waals surface area contributed by atoms with Gasteiger partial charge in [0.05, 0.1) is 11.9 Å². The number of aromatic nitrogens is 2. The van der Waals surface area contributed by atoms with Crippen LogP contribution >= 0.6 is 0 Å². The molecule has 2 aromatic rings. The lowest BCUT2D eigenvalue weighted by Gasteiger charge is -2.35. The fraction of sp³-hybridized carbons (Fsp3) is 0.368. The number of carbonyl (C=O) groups excluding carboxylic acids is 3. The second kappa shape index (κ2) is 6.86. The van der Waals surface area contributed by atoms with E-state index in [9.17, 15) is 14.4 Å². The van der Waals surface area contributed by atoms with Gasteiger partial charge in [0.25, 0.3) is 0 Å². The topological polar surface area (TPSA) is 78.8 Å². The smallest absolute Gasteiger partial charge is 0.246 e. The fourth-order valence-electron chi connectivity index (χ4n) is 3.61. The van der Waals surface area contributed by atoms with E-state index in [2.05, 4.69) is 5.10 Å². The highest BCUT2D eigenvalue weighted by Crippen LogP contribution is 2.27. The van der Waals surface area contributed by atoms with E-state index in [1.807, 2.05) is 24.3 Å². The van der Waals surface area contributed by atoms with Gasteiger partial charge in [0.2, 0.25) is 17.7 Å². The Morgan fingerprint density at radius 1 is 1.11 bits per heavy atom. The molecule has 8 heteroatoms. The SMILES string of the molecule is Cn1cc(N2CCN(C(=O)CN3C(=O)CCc4ccccc43)CC2=O)cn1. The number of benzene rings is 1. The van der Waals surface area contributed by atoms with Crippen LogP contribution in [0.3, 0.4) is 0 Å². The first-order valence-corrected chi connectivity index (χ1v) is 8.98. The van der Waals surface area contributed by atoms with Gasteiger partial charge in [-0.1, -0.05) is 18.2 Å². The van der Waals surface area contributed by atoms with Crippen molar-refractivity contribution in [1.29, 1.82) is 0 Å². The summed E-state index contributed by atoms with van der Waals surface area (Å²) >= 11 is 0. The molecule has 0 spiro atoms. The Labute approximate surface area is 156 Å². The first-order chi connectivity index (χ1) is 13.0. The van der Waals surface area contributed by atoms with Crippen molar-refractivity contribution in [2.75, 3.05) is 36.0 Å². The highest BCUT2D eigenvalue weighted by atomic mass is 16.2. The van der Waals surface area contributed by atoms with Crippen molar-refractivity contribution in [2.45, 2.75) is 12.8 Å². The number of aryl methyl sites for hydroxylation is 2. The van der Waals surface area contributed by atoms with Crippen molar-refractivity contribution < 1.29 is 14.4 Å². The molecule has 1 saturated heterocycles. The summed E-state index contributed by atoms with van der Waals surface area (Å²) in [6.07, 6.45) is 4.51. The lowest BCUT2D eigenvalue weighted by Crippen LogP contribution is -2.55. The van der Waals surface area contributed by atoms with E-state index in [0.29, 0.717) is 25.9 Å². The first-order valence-electron chi connectivity index (χ1n) is 8.98. The maximum atomic E-state index is 12.8. The molecule has 0 bridgehead atoms. The van der Waals surface area contributed by atoms with Gasteiger partial charge in [0.15, 0.2) is 0 Å². The molecule has 1 aromatic heterocycles. The summed E-state index contributed by atoms with van der Waals surface area (Å²) in [4.78, 5) is 42.3. The molecule has 4 rings (SSSR count). The number of carbonyl (C=O) groups is 3. The summed E-state index contributed by atoms with van der Waals surface area (Å²) in [7, 11) is 1.79. The van der Waals surface area contributed by atoms with Crippen LogP contribution in [0.4, 0.5) is 11.4 Å².